The minimum absolute atomic E-state index is 0.213. The maximum atomic E-state index is 12.5. The number of benzene rings is 2. The lowest BCUT2D eigenvalue weighted by Crippen LogP contribution is -2.38. The molecule has 0 atom stereocenters. The van der Waals surface area contributed by atoms with Crippen LogP contribution in [0.2, 0.25) is 0 Å². The Morgan fingerprint density at radius 2 is 1.91 bits per heavy atom. The number of anilines is 1. The van der Waals surface area contributed by atoms with Crippen LogP contribution in [0.1, 0.15) is 12.5 Å². The fourth-order valence-corrected chi connectivity index (χ4v) is 3.78. The Morgan fingerprint density at radius 3 is 2.74 bits per heavy atom. The highest BCUT2D eigenvalue weighted by Crippen LogP contribution is 2.22. The second-order valence-corrected chi connectivity index (χ2v) is 8.09. The van der Waals surface area contributed by atoms with Gasteiger partial charge in [-0.15, -0.1) is 0 Å². The van der Waals surface area contributed by atoms with E-state index in [0.717, 1.165) is 49.7 Å². The third-order valence-corrected chi connectivity index (χ3v) is 5.56. The van der Waals surface area contributed by atoms with Crippen LogP contribution in [0.3, 0.4) is 0 Å². The molecule has 1 N–H and O–H groups in total. The first kappa shape index (κ1) is 24.4. The molecule has 9 heteroatoms. The van der Waals surface area contributed by atoms with Gasteiger partial charge in [0.15, 0.2) is 0 Å². The molecule has 2 heterocycles. The molecular formula is C26H30N4O5. The van der Waals surface area contributed by atoms with Gasteiger partial charge in [-0.05, 0) is 42.8 Å². The number of carbonyl (C=O) groups excluding carboxylic acids is 1. The number of amides is 1. The predicted molar refractivity (Wildman–Crippen MR) is 133 cm³/mol. The Labute approximate surface area is 204 Å². The van der Waals surface area contributed by atoms with Gasteiger partial charge < -0.3 is 14.2 Å². The molecule has 35 heavy (non-hydrogen) atoms. The van der Waals surface area contributed by atoms with E-state index in [1.165, 1.54) is 10.7 Å². The van der Waals surface area contributed by atoms with E-state index in [9.17, 15) is 9.59 Å². The van der Waals surface area contributed by atoms with Gasteiger partial charge in [-0.1, -0.05) is 24.3 Å². The largest absolute Gasteiger partial charge is 0.492 e. The SMILES string of the molecule is CCOC(=O)Nc1cccc(Cn2nc(-c3cccc(OCCN4CCOCC4)c3)ccc2=O)c1. The Bertz CT molecular complexity index is 1190. The average molecular weight is 479 g/mol. The van der Waals surface area contributed by atoms with E-state index in [0.29, 0.717) is 18.0 Å². The van der Waals surface area contributed by atoms with Crippen LogP contribution in [0.5, 0.6) is 5.75 Å². The minimum atomic E-state index is -0.519. The monoisotopic (exact) mass is 478 g/mol. The summed E-state index contributed by atoms with van der Waals surface area (Å²) in [6, 6.07) is 18.2. The molecule has 0 aliphatic carbocycles. The van der Waals surface area contributed by atoms with Gasteiger partial charge in [-0.25, -0.2) is 9.48 Å². The lowest BCUT2D eigenvalue weighted by molar-refractivity contribution is 0.0322. The highest BCUT2D eigenvalue weighted by atomic mass is 16.5. The predicted octanol–water partition coefficient (Wildman–Crippen LogP) is 3.24. The minimum Gasteiger partial charge on any atom is -0.492 e. The molecule has 0 radical (unpaired) electrons. The van der Waals surface area contributed by atoms with Gasteiger partial charge in [-0.2, -0.15) is 5.10 Å². The van der Waals surface area contributed by atoms with Crippen molar-refractivity contribution in [2.75, 3.05) is 51.4 Å². The molecule has 0 unspecified atom stereocenters. The summed E-state index contributed by atoms with van der Waals surface area (Å²) >= 11 is 0. The highest BCUT2D eigenvalue weighted by molar-refractivity contribution is 5.84. The quantitative estimate of drug-likeness (QED) is 0.505. The molecule has 1 aliphatic heterocycles. The van der Waals surface area contributed by atoms with Gasteiger partial charge in [0.25, 0.3) is 5.56 Å². The molecule has 2 aromatic carbocycles. The summed E-state index contributed by atoms with van der Waals surface area (Å²) in [5.41, 5.74) is 2.73. The first-order valence-electron chi connectivity index (χ1n) is 11.7. The first-order valence-corrected chi connectivity index (χ1v) is 11.7. The van der Waals surface area contributed by atoms with E-state index in [1.807, 2.05) is 36.4 Å². The van der Waals surface area contributed by atoms with Crippen molar-refractivity contribution in [3.05, 3.63) is 76.6 Å². The summed E-state index contributed by atoms with van der Waals surface area (Å²) < 4.78 is 17.7. The van der Waals surface area contributed by atoms with Crippen LogP contribution in [0.25, 0.3) is 11.3 Å². The lowest BCUT2D eigenvalue weighted by atomic mass is 10.1. The molecule has 0 spiro atoms. The Balaban J connectivity index is 1.43. The summed E-state index contributed by atoms with van der Waals surface area (Å²) in [5.74, 6) is 0.757. The number of nitrogens with one attached hydrogen (secondary N) is 1. The molecule has 1 fully saturated rings. The van der Waals surface area contributed by atoms with Crippen molar-refractivity contribution in [2.45, 2.75) is 13.5 Å². The molecule has 4 rings (SSSR count). The topological polar surface area (TPSA) is 94.9 Å². The summed E-state index contributed by atoms with van der Waals surface area (Å²) in [5, 5.41) is 7.24. The molecule has 0 saturated carbocycles. The summed E-state index contributed by atoms with van der Waals surface area (Å²) in [6.45, 7) is 7.12. The molecule has 9 nitrogen and oxygen atoms in total. The standard InChI is InChI=1S/C26H30N4O5/c1-2-34-26(32)27-22-7-3-5-20(17-22)19-30-25(31)10-9-24(28-30)21-6-4-8-23(18-21)35-16-13-29-11-14-33-15-12-29/h3-10,17-18H,2,11-16,19H2,1H3,(H,27,32). The summed E-state index contributed by atoms with van der Waals surface area (Å²) in [4.78, 5) is 26.5. The number of carbonyl (C=O) groups is 1. The molecule has 1 aliphatic rings. The van der Waals surface area contributed by atoms with Crippen molar-refractivity contribution >= 4 is 11.8 Å². The molecular weight excluding hydrogens is 448 g/mol. The zero-order valence-corrected chi connectivity index (χ0v) is 19.8. The van der Waals surface area contributed by atoms with Crippen LogP contribution < -0.4 is 15.6 Å². The first-order chi connectivity index (χ1) is 17.1. The van der Waals surface area contributed by atoms with E-state index >= 15 is 0 Å². The average Bonchev–Trinajstić information content (AvgIpc) is 2.87. The highest BCUT2D eigenvalue weighted by Gasteiger charge is 2.11. The van der Waals surface area contributed by atoms with Crippen molar-refractivity contribution in [1.82, 2.24) is 14.7 Å². The van der Waals surface area contributed by atoms with Crippen molar-refractivity contribution in [3.63, 3.8) is 0 Å². The van der Waals surface area contributed by atoms with Crippen LogP contribution >= 0.6 is 0 Å². The second kappa shape index (κ2) is 12.1. The number of nitrogens with zero attached hydrogens (tertiary/aromatic N) is 3. The molecule has 1 saturated heterocycles. The fraction of sp³-hybridized carbons (Fsp3) is 0.346. The summed E-state index contributed by atoms with van der Waals surface area (Å²) in [6.07, 6.45) is -0.519. The maximum absolute atomic E-state index is 12.5. The van der Waals surface area contributed by atoms with Crippen LogP contribution in [-0.2, 0) is 16.0 Å². The normalized spacial score (nSPS) is 13.9. The smallest absolute Gasteiger partial charge is 0.411 e. The van der Waals surface area contributed by atoms with E-state index in [2.05, 4.69) is 15.3 Å². The molecule has 184 valence electrons. The molecule has 1 amide bonds. The van der Waals surface area contributed by atoms with E-state index in [-0.39, 0.29) is 18.7 Å². The van der Waals surface area contributed by atoms with Gasteiger partial charge in [0.05, 0.1) is 32.1 Å². The zero-order chi connectivity index (χ0) is 24.5. The van der Waals surface area contributed by atoms with Crippen LogP contribution in [0, 0.1) is 0 Å². The van der Waals surface area contributed by atoms with Crippen LogP contribution in [-0.4, -0.2) is 66.8 Å². The Kier molecular flexibility index (Phi) is 8.48. The summed E-state index contributed by atoms with van der Waals surface area (Å²) in [7, 11) is 0. The third kappa shape index (κ3) is 7.14. The van der Waals surface area contributed by atoms with E-state index in [1.54, 1.807) is 25.1 Å². The van der Waals surface area contributed by atoms with Crippen molar-refractivity contribution in [3.8, 4) is 17.0 Å². The Hall–Kier alpha value is -3.69. The molecule has 1 aromatic heterocycles. The number of rotatable bonds is 9. The maximum Gasteiger partial charge on any atom is 0.411 e. The lowest BCUT2D eigenvalue weighted by Gasteiger charge is -2.26. The number of ether oxygens (including phenoxy) is 3. The molecule has 0 bridgehead atoms. The van der Waals surface area contributed by atoms with Gasteiger partial charge in [0, 0.05) is 37.0 Å². The van der Waals surface area contributed by atoms with E-state index in [4.69, 9.17) is 14.2 Å². The Morgan fingerprint density at radius 1 is 1.09 bits per heavy atom. The van der Waals surface area contributed by atoms with E-state index < -0.39 is 6.09 Å². The van der Waals surface area contributed by atoms with Crippen molar-refractivity contribution < 1.29 is 19.0 Å². The third-order valence-electron chi connectivity index (χ3n) is 5.56. The number of morpholine rings is 1. The van der Waals surface area contributed by atoms with Crippen LogP contribution in [0.4, 0.5) is 10.5 Å². The molecule has 3 aromatic rings. The van der Waals surface area contributed by atoms with Crippen LogP contribution in [0.15, 0.2) is 65.5 Å². The van der Waals surface area contributed by atoms with Gasteiger partial charge in [-0.3, -0.25) is 15.0 Å². The second-order valence-electron chi connectivity index (χ2n) is 8.09. The number of hydrogen-bond acceptors (Lipinski definition) is 7. The van der Waals surface area contributed by atoms with Gasteiger partial charge in [0.1, 0.15) is 12.4 Å². The number of hydrogen-bond donors (Lipinski definition) is 1. The fourth-order valence-electron chi connectivity index (χ4n) is 3.78. The zero-order valence-electron chi connectivity index (χ0n) is 19.8. The van der Waals surface area contributed by atoms with Crippen molar-refractivity contribution in [1.29, 1.82) is 0 Å². The number of aromatic nitrogens is 2. The van der Waals surface area contributed by atoms with Crippen molar-refractivity contribution in [2.24, 2.45) is 0 Å². The van der Waals surface area contributed by atoms with Gasteiger partial charge >= 0.3 is 6.09 Å². The van der Waals surface area contributed by atoms with Gasteiger partial charge in [0.2, 0.25) is 0 Å².